The van der Waals surface area contributed by atoms with E-state index in [1.165, 1.54) is 22.3 Å². The first kappa shape index (κ1) is 13.2. The smallest absolute Gasteiger partial charge is 0.0591 e. The van der Waals surface area contributed by atoms with Gasteiger partial charge in [0.2, 0.25) is 0 Å². The highest BCUT2D eigenvalue weighted by molar-refractivity contribution is 5.37. The van der Waals surface area contributed by atoms with Gasteiger partial charge in [0.15, 0.2) is 0 Å². The Morgan fingerprint density at radius 2 is 1.50 bits per heavy atom. The van der Waals surface area contributed by atoms with Crippen molar-refractivity contribution < 1.29 is 4.74 Å². The van der Waals surface area contributed by atoms with Crippen molar-refractivity contribution in [2.45, 2.75) is 60.2 Å². The lowest BCUT2D eigenvalue weighted by Gasteiger charge is -2.19. The van der Waals surface area contributed by atoms with Crippen molar-refractivity contribution in [2.24, 2.45) is 0 Å². The van der Waals surface area contributed by atoms with Gasteiger partial charge in [-0.1, -0.05) is 17.7 Å². The SMILES string of the molecule is Cc1cc(C)c(CC(C)OC(C)C)c(C)c1. The van der Waals surface area contributed by atoms with Gasteiger partial charge in [0.1, 0.15) is 0 Å². The molecule has 0 aliphatic heterocycles. The van der Waals surface area contributed by atoms with Crippen LogP contribution in [0, 0.1) is 20.8 Å². The Morgan fingerprint density at radius 1 is 1.00 bits per heavy atom. The minimum atomic E-state index is 0.292. The molecule has 1 atom stereocenters. The predicted octanol–water partition coefficient (Wildman–Crippen LogP) is 3.97. The maximum Gasteiger partial charge on any atom is 0.0591 e. The van der Waals surface area contributed by atoms with Crippen LogP contribution in [0.25, 0.3) is 0 Å². The van der Waals surface area contributed by atoms with Crippen molar-refractivity contribution in [3.63, 3.8) is 0 Å². The van der Waals surface area contributed by atoms with E-state index in [-0.39, 0.29) is 0 Å². The Bertz CT molecular complexity index is 329. The molecule has 0 amide bonds. The minimum absolute atomic E-state index is 0.292. The van der Waals surface area contributed by atoms with Gasteiger partial charge >= 0.3 is 0 Å². The Hall–Kier alpha value is -0.820. The normalized spacial score (nSPS) is 13.2. The van der Waals surface area contributed by atoms with Crippen LogP contribution in [0.15, 0.2) is 12.1 Å². The molecule has 1 rings (SSSR count). The van der Waals surface area contributed by atoms with Gasteiger partial charge < -0.3 is 4.74 Å². The van der Waals surface area contributed by atoms with Gasteiger partial charge in [0.25, 0.3) is 0 Å². The molecule has 90 valence electrons. The van der Waals surface area contributed by atoms with Crippen LogP contribution in [0.5, 0.6) is 0 Å². The summed E-state index contributed by atoms with van der Waals surface area (Å²) in [6.07, 6.45) is 1.61. The highest BCUT2D eigenvalue weighted by Crippen LogP contribution is 2.19. The largest absolute Gasteiger partial charge is 0.376 e. The number of hydrogen-bond acceptors (Lipinski definition) is 1. The first-order valence-electron chi connectivity index (χ1n) is 6.12. The van der Waals surface area contributed by atoms with Gasteiger partial charge in [-0.15, -0.1) is 0 Å². The zero-order valence-electron chi connectivity index (χ0n) is 11.4. The summed E-state index contributed by atoms with van der Waals surface area (Å²) in [7, 11) is 0. The van der Waals surface area contributed by atoms with E-state index in [0.29, 0.717) is 12.2 Å². The molecule has 0 N–H and O–H groups in total. The van der Waals surface area contributed by atoms with Crippen LogP contribution in [-0.4, -0.2) is 12.2 Å². The summed E-state index contributed by atoms with van der Waals surface area (Å²) < 4.78 is 5.79. The van der Waals surface area contributed by atoms with E-state index in [4.69, 9.17) is 4.74 Å². The molecule has 0 aromatic heterocycles. The molecule has 0 saturated heterocycles. The molecule has 1 unspecified atom stereocenters. The summed E-state index contributed by atoms with van der Waals surface area (Å²) in [5.74, 6) is 0. The third-order valence-corrected chi connectivity index (χ3v) is 2.84. The summed E-state index contributed by atoms with van der Waals surface area (Å²) in [6, 6.07) is 4.51. The molecular formula is C15H24O. The molecule has 0 saturated carbocycles. The molecule has 0 aliphatic rings. The highest BCUT2D eigenvalue weighted by atomic mass is 16.5. The van der Waals surface area contributed by atoms with Gasteiger partial charge in [0.05, 0.1) is 12.2 Å². The minimum Gasteiger partial charge on any atom is -0.376 e. The molecule has 0 fully saturated rings. The Kier molecular flexibility index (Phi) is 4.55. The average Bonchev–Trinajstić information content (AvgIpc) is 2.09. The quantitative estimate of drug-likeness (QED) is 0.746. The monoisotopic (exact) mass is 220 g/mol. The van der Waals surface area contributed by atoms with E-state index in [2.05, 4.69) is 53.7 Å². The van der Waals surface area contributed by atoms with Gasteiger partial charge in [-0.2, -0.15) is 0 Å². The van der Waals surface area contributed by atoms with Crippen molar-refractivity contribution in [1.29, 1.82) is 0 Å². The molecule has 1 aromatic carbocycles. The van der Waals surface area contributed by atoms with Crippen LogP contribution in [0.3, 0.4) is 0 Å². The molecular weight excluding hydrogens is 196 g/mol. The summed E-state index contributed by atoms with van der Waals surface area (Å²) in [5.41, 5.74) is 5.56. The summed E-state index contributed by atoms with van der Waals surface area (Å²) in [6.45, 7) is 12.9. The van der Waals surface area contributed by atoms with E-state index in [1.54, 1.807) is 0 Å². The van der Waals surface area contributed by atoms with Gasteiger partial charge in [-0.05, 0) is 64.7 Å². The summed E-state index contributed by atoms with van der Waals surface area (Å²) >= 11 is 0. The number of ether oxygens (including phenoxy) is 1. The lowest BCUT2D eigenvalue weighted by molar-refractivity contribution is 0.0193. The van der Waals surface area contributed by atoms with Crippen LogP contribution >= 0.6 is 0 Å². The maximum absolute atomic E-state index is 5.79. The van der Waals surface area contributed by atoms with Crippen LogP contribution in [0.2, 0.25) is 0 Å². The maximum atomic E-state index is 5.79. The van der Waals surface area contributed by atoms with E-state index >= 15 is 0 Å². The molecule has 1 heteroatoms. The first-order chi connectivity index (χ1) is 7.40. The van der Waals surface area contributed by atoms with E-state index < -0.39 is 0 Å². The Labute approximate surface area is 99.8 Å². The van der Waals surface area contributed by atoms with E-state index in [0.717, 1.165) is 6.42 Å². The van der Waals surface area contributed by atoms with Crippen LogP contribution in [0.1, 0.15) is 43.0 Å². The van der Waals surface area contributed by atoms with Crippen molar-refractivity contribution in [1.82, 2.24) is 0 Å². The second kappa shape index (κ2) is 5.49. The number of benzene rings is 1. The second-order valence-corrected chi connectivity index (χ2v) is 5.08. The Balaban J connectivity index is 2.81. The molecule has 0 aliphatic carbocycles. The van der Waals surface area contributed by atoms with Crippen LogP contribution in [0.4, 0.5) is 0 Å². The van der Waals surface area contributed by atoms with Gasteiger partial charge in [-0.25, -0.2) is 0 Å². The van der Waals surface area contributed by atoms with E-state index in [1.807, 2.05) is 0 Å². The zero-order chi connectivity index (χ0) is 12.3. The molecule has 16 heavy (non-hydrogen) atoms. The standard InChI is InChI=1S/C15H24O/c1-10(2)16-14(6)9-15-12(4)7-11(3)8-13(15)5/h7-8,10,14H,9H2,1-6H3. The van der Waals surface area contributed by atoms with Gasteiger partial charge in [0, 0.05) is 0 Å². The molecule has 1 aromatic rings. The Morgan fingerprint density at radius 3 is 1.94 bits per heavy atom. The highest BCUT2D eigenvalue weighted by Gasteiger charge is 2.10. The fourth-order valence-electron chi connectivity index (χ4n) is 2.33. The van der Waals surface area contributed by atoms with Gasteiger partial charge in [-0.3, -0.25) is 0 Å². The third kappa shape index (κ3) is 3.64. The molecule has 0 spiro atoms. The van der Waals surface area contributed by atoms with E-state index in [9.17, 15) is 0 Å². The van der Waals surface area contributed by atoms with Crippen molar-refractivity contribution in [2.75, 3.05) is 0 Å². The lowest BCUT2D eigenvalue weighted by Crippen LogP contribution is -2.17. The predicted molar refractivity (Wildman–Crippen MR) is 70.0 cm³/mol. The molecule has 0 bridgehead atoms. The molecule has 1 nitrogen and oxygen atoms in total. The summed E-state index contributed by atoms with van der Waals surface area (Å²) in [5, 5.41) is 0. The van der Waals surface area contributed by atoms with Crippen molar-refractivity contribution >= 4 is 0 Å². The molecule has 0 radical (unpaired) electrons. The zero-order valence-corrected chi connectivity index (χ0v) is 11.4. The third-order valence-electron chi connectivity index (χ3n) is 2.84. The number of hydrogen-bond donors (Lipinski definition) is 0. The fraction of sp³-hybridized carbons (Fsp3) is 0.600. The fourth-order valence-corrected chi connectivity index (χ4v) is 2.33. The van der Waals surface area contributed by atoms with Crippen molar-refractivity contribution in [3.05, 3.63) is 34.4 Å². The number of rotatable bonds is 4. The lowest BCUT2D eigenvalue weighted by atomic mass is 9.95. The second-order valence-electron chi connectivity index (χ2n) is 5.08. The molecule has 0 heterocycles. The van der Waals surface area contributed by atoms with Crippen molar-refractivity contribution in [3.8, 4) is 0 Å². The number of aryl methyl sites for hydroxylation is 3. The van der Waals surface area contributed by atoms with Crippen LogP contribution < -0.4 is 0 Å². The summed E-state index contributed by atoms with van der Waals surface area (Å²) in [4.78, 5) is 0. The topological polar surface area (TPSA) is 9.23 Å². The first-order valence-corrected chi connectivity index (χ1v) is 6.12. The van der Waals surface area contributed by atoms with Crippen LogP contribution in [-0.2, 0) is 11.2 Å². The average molecular weight is 220 g/mol.